The second-order valence-corrected chi connectivity index (χ2v) is 6.97. The number of carbonyl (C=O) groups is 1. The molecule has 0 atom stereocenters. The van der Waals surface area contributed by atoms with Crippen LogP contribution < -0.4 is 0 Å². The highest BCUT2D eigenvalue weighted by Crippen LogP contribution is 2.23. The Labute approximate surface area is 121 Å². The van der Waals surface area contributed by atoms with Gasteiger partial charge in [-0.25, -0.2) is 8.42 Å². The van der Waals surface area contributed by atoms with Crippen LogP contribution in [0, 0.1) is 10.1 Å². The second kappa shape index (κ2) is 6.19. The van der Waals surface area contributed by atoms with Crippen molar-refractivity contribution in [2.45, 2.75) is 0 Å². The van der Waals surface area contributed by atoms with Gasteiger partial charge < -0.3 is 4.90 Å². The van der Waals surface area contributed by atoms with Crippen LogP contribution in [0.1, 0.15) is 10.4 Å². The number of hydrogen-bond donors (Lipinski definition) is 0. The van der Waals surface area contributed by atoms with Crippen LogP contribution in [0.3, 0.4) is 0 Å². The van der Waals surface area contributed by atoms with Gasteiger partial charge in [0.1, 0.15) is 15.4 Å². The average molecular weight is 321 g/mol. The number of nitro benzene ring substituents is 1. The largest absolute Gasteiger partial charge is 0.340 e. The van der Waals surface area contributed by atoms with Crippen LogP contribution in [0.2, 0.25) is 5.02 Å². The van der Waals surface area contributed by atoms with E-state index >= 15 is 0 Å². The zero-order valence-corrected chi connectivity index (χ0v) is 12.4. The van der Waals surface area contributed by atoms with Gasteiger partial charge in [-0.3, -0.25) is 14.9 Å². The van der Waals surface area contributed by atoms with Gasteiger partial charge in [0.15, 0.2) is 0 Å². The Balaban J connectivity index is 3.02. The molecule has 20 heavy (non-hydrogen) atoms. The number of amides is 1. The Morgan fingerprint density at radius 2 is 2.05 bits per heavy atom. The molecular formula is C11H13ClN2O5S. The quantitative estimate of drug-likeness (QED) is 0.602. The molecule has 7 nitrogen and oxygen atoms in total. The van der Waals surface area contributed by atoms with Crippen LogP contribution in [-0.4, -0.2) is 49.7 Å². The number of nitrogens with zero attached hydrogens (tertiary/aromatic N) is 2. The van der Waals surface area contributed by atoms with Crippen molar-refractivity contribution in [1.29, 1.82) is 0 Å². The molecule has 0 spiro atoms. The topological polar surface area (TPSA) is 97.6 Å². The minimum absolute atomic E-state index is 0.0542. The van der Waals surface area contributed by atoms with E-state index in [4.69, 9.17) is 11.6 Å². The SMILES string of the molecule is CN(CCS(C)(=O)=O)C(=O)c1cc(Cl)ccc1[N+](=O)[O-]. The number of rotatable bonds is 5. The van der Waals surface area contributed by atoms with E-state index in [0.717, 1.165) is 17.2 Å². The lowest BCUT2D eigenvalue weighted by Crippen LogP contribution is -2.31. The van der Waals surface area contributed by atoms with Crippen molar-refractivity contribution in [2.75, 3.05) is 25.6 Å². The van der Waals surface area contributed by atoms with E-state index in [0.29, 0.717) is 0 Å². The number of hydrogen-bond acceptors (Lipinski definition) is 5. The molecule has 0 aromatic heterocycles. The standard InChI is InChI=1S/C11H13ClN2O5S/c1-13(5-6-20(2,18)19)11(15)9-7-8(12)3-4-10(9)14(16)17/h3-4,7H,5-6H2,1-2H3. The average Bonchev–Trinajstić information content (AvgIpc) is 2.33. The Bertz CT molecular complexity index is 644. The highest BCUT2D eigenvalue weighted by molar-refractivity contribution is 7.90. The fourth-order valence-electron chi connectivity index (χ4n) is 1.45. The summed E-state index contributed by atoms with van der Waals surface area (Å²) in [6, 6.07) is 3.64. The Kier molecular flexibility index (Phi) is 5.07. The van der Waals surface area contributed by atoms with E-state index < -0.39 is 20.7 Å². The second-order valence-electron chi connectivity index (χ2n) is 4.28. The van der Waals surface area contributed by atoms with Crippen LogP contribution in [0.4, 0.5) is 5.69 Å². The van der Waals surface area contributed by atoms with E-state index in [1.807, 2.05) is 0 Å². The van der Waals surface area contributed by atoms with Gasteiger partial charge in [-0.2, -0.15) is 0 Å². The van der Waals surface area contributed by atoms with Gasteiger partial charge in [-0.15, -0.1) is 0 Å². The van der Waals surface area contributed by atoms with Crippen LogP contribution in [0.15, 0.2) is 18.2 Å². The van der Waals surface area contributed by atoms with Gasteiger partial charge in [0.05, 0.1) is 10.7 Å². The van der Waals surface area contributed by atoms with Crippen LogP contribution in [0.5, 0.6) is 0 Å². The molecule has 0 aliphatic rings. The van der Waals surface area contributed by atoms with Crippen molar-refractivity contribution in [3.63, 3.8) is 0 Å². The maximum Gasteiger partial charge on any atom is 0.282 e. The third kappa shape index (κ3) is 4.46. The maximum absolute atomic E-state index is 12.1. The molecule has 1 aromatic carbocycles. The van der Waals surface area contributed by atoms with E-state index in [-0.39, 0.29) is 28.6 Å². The van der Waals surface area contributed by atoms with Crippen molar-refractivity contribution >= 4 is 33.0 Å². The molecule has 1 aromatic rings. The molecule has 0 N–H and O–H groups in total. The van der Waals surface area contributed by atoms with Crippen LogP contribution in [0.25, 0.3) is 0 Å². The smallest absolute Gasteiger partial charge is 0.282 e. The lowest BCUT2D eigenvalue weighted by Gasteiger charge is -2.16. The fourth-order valence-corrected chi connectivity index (χ4v) is 2.23. The summed E-state index contributed by atoms with van der Waals surface area (Å²) >= 11 is 5.73. The number of nitro groups is 1. The molecule has 0 radical (unpaired) electrons. The van der Waals surface area contributed by atoms with E-state index in [1.54, 1.807) is 0 Å². The number of carbonyl (C=O) groups excluding carboxylic acids is 1. The third-order valence-electron chi connectivity index (χ3n) is 2.53. The summed E-state index contributed by atoms with van der Waals surface area (Å²) in [5, 5.41) is 11.1. The first-order valence-electron chi connectivity index (χ1n) is 5.49. The van der Waals surface area contributed by atoms with Crippen molar-refractivity contribution in [1.82, 2.24) is 4.90 Å². The summed E-state index contributed by atoms with van der Waals surface area (Å²) < 4.78 is 22.1. The van der Waals surface area contributed by atoms with Gasteiger partial charge in [0, 0.05) is 30.9 Å². The first kappa shape index (κ1) is 16.4. The minimum Gasteiger partial charge on any atom is -0.340 e. The van der Waals surface area contributed by atoms with Crippen molar-refractivity contribution in [3.05, 3.63) is 38.9 Å². The molecule has 0 unspecified atom stereocenters. The number of sulfone groups is 1. The Hall–Kier alpha value is -1.67. The van der Waals surface area contributed by atoms with Crippen molar-refractivity contribution < 1.29 is 18.1 Å². The molecule has 0 saturated heterocycles. The zero-order chi connectivity index (χ0) is 15.5. The van der Waals surface area contributed by atoms with Gasteiger partial charge in [0.2, 0.25) is 0 Å². The first-order chi connectivity index (χ1) is 9.11. The number of halogens is 1. The molecule has 0 saturated carbocycles. The normalized spacial score (nSPS) is 11.2. The highest BCUT2D eigenvalue weighted by Gasteiger charge is 2.23. The molecular weight excluding hydrogens is 308 g/mol. The summed E-state index contributed by atoms with van der Waals surface area (Å²) in [5.74, 6) is -0.869. The van der Waals surface area contributed by atoms with Gasteiger partial charge in [0.25, 0.3) is 11.6 Å². The lowest BCUT2D eigenvalue weighted by molar-refractivity contribution is -0.385. The maximum atomic E-state index is 12.1. The summed E-state index contributed by atoms with van der Waals surface area (Å²) in [6.45, 7) is -0.0542. The minimum atomic E-state index is -3.22. The molecule has 0 aliphatic carbocycles. The van der Waals surface area contributed by atoms with Crippen LogP contribution >= 0.6 is 11.6 Å². The van der Waals surface area contributed by atoms with E-state index in [2.05, 4.69) is 0 Å². The monoisotopic (exact) mass is 320 g/mol. The Morgan fingerprint density at radius 3 is 2.55 bits per heavy atom. The van der Waals surface area contributed by atoms with Crippen molar-refractivity contribution in [3.8, 4) is 0 Å². The summed E-state index contributed by atoms with van der Waals surface area (Å²) in [6.07, 6.45) is 1.05. The number of benzene rings is 1. The summed E-state index contributed by atoms with van der Waals surface area (Å²) in [7, 11) is -1.85. The predicted octanol–water partition coefficient (Wildman–Crippen LogP) is 1.36. The Morgan fingerprint density at radius 1 is 1.45 bits per heavy atom. The molecule has 0 fully saturated rings. The lowest BCUT2D eigenvalue weighted by atomic mass is 10.1. The molecule has 9 heteroatoms. The van der Waals surface area contributed by atoms with Gasteiger partial charge >= 0.3 is 0 Å². The fraction of sp³-hybridized carbons (Fsp3) is 0.364. The summed E-state index contributed by atoms with van der Waals surface area (Å²) in [5.41, 5.74) is -0.538. The van der Waals surface area contributed by atoms with Crippen molar-refractivity contribution in [2.24, 2.45) is 0 Å². The molecule has 0 heterocycles. The molecule has 110 valence electrons. The first-order valence-corrected chi connectivity index (χ1v) is 7.93. The molecule has 0 bridgehead atoms. The zero-order valence-electron chi connectivity index (χ0n) is 10.9. The molecule has 1 amide bonds. The van der Waals surface area contributed by atoms with Crippen LogP contribution in [-0.2, 0) is 9.84 Å². The molecule has 1 rings (SSSR count). The highest BCUT2D eigenvalue weighted by atomic mass is 35.5. The predicted molar refractivity (Wildman–Crippen MR) is 74.8 cm³/mol. The molecule has 0 aliphatic heterocycles. The van der Waals surface area contributed by atoms with Gasteiger partial charge in [-0.05, 0) is 12.1 Å². The van der Waals surface area contributed by atoms with E-state index in [1.165, 1.54) is 19.2 Å². The van der Waals surface area contributed by atoms with Gasteiger partial charge in [-0.1, -0.05) is 11.6 Å². The summed E-state index contributed by atoms with van der Waals surface area (Å²) in [4.78, 5) is 23.4. The van der Waals surface area contributed by atoms with E-state index in [9.17, 15) is 23.3 Å². The third-order valence-corrected chi connectivity index (χ3v) is 3.69.